The number of nitrogens with zero attached hydrogens (tertiary/aromatic N) is 2. The molecule has 6 nitrogen and oxygen atoms in total. The van der Waals surface area contributed by atoms with E-state index < -0.39 is 11.7 Å². The first kappa shape index (κ1) is 23.3. The van der Waals surface area contributed by atoms with Crippen molar-refractivity contribution in [3.63, 3.8) is 0 Å². The summed E-state index contributed by atoms with van der Waals surface area (Å²) in [5, 5.41) is 3.34. The lowest BCUT2D eigenvalue weighted by molar-refractivity contribution is -0.112. The highest BCUT2D eigenvalue weighted by atomic mass is 35.5. The van der Waals surface area contributed by atoms with Crippen molar-refractivity contribution in [3.05, 3.63) is 100 Å². The van der Waals surface area contributed by atoms with Crippen LogP contribution in [-0.2, 0) is 11.3 Å². The van der Waals surface area contributed by atoms with Crippen molar-refractivity contribution in [1.29, 1.82) is 0 Å². The number of methoxy groups -OCH3 is 1. The van der Waals surface area contributed by atoms with E-state index in [1.165, 1.54) is 13.3 Å². The first-order chi connectivity index (χ1) is 16.4. The van der Waals surface area contributed by atoms with Crippen LogP contribution in [-0.4, -0.2) is 28.4 Å². The van der Waals surface area contributed by atoms with Gasteiger partial charge in [-0.15, -0.1) is 0 Å². The number of benzene rings is 2. The third-order valence-electron chi connectivity index (χ3n) is 5.73. The minimum absolute atomic E-state index is 0.344. The van der Waals surface area contributed by atoms with Crippen LogP contribution in [0.5, 0.6) is 5.88 Å². The summed E-state index contributed by atoms with van der Waals surface area (Å²) in [4.78, 5) is 30.5. The molecule has 0 saturated carbocycles. The maximum atomic E-state index is 13.5. The van der Waals surface area contributed by atoms with Gasteiger partial charge in [-0.3, -0.25) is 9.59 Å². The molecule has 4 rings (SSSR count). The van der Waals surface area contributed by atoms with Crippen molar-refractivity contribution in [2.24, 2.45) is 0 Å². The van der Waals surface area contributed by atoms with E-state index in [0.717, 1.165) is 28.1 Å². The van der Waals surface area contributed by atoms with Gasteiger partial charge in [0.2, 0.25) is 5.88 Å². The second-order valence-electron chi connectivity index (χ2n) is 7.87. The molecule has 0 fully saturated rings. The van der Waals surface area contributed by atoms with E-state index in [2.05, 4.69) is 14.9 Å². The average Bonchev–Trinajstić information content (AvgIpc) is 3.10. The smallest absolute Gasteiger partial charge is 0.296 e. The quantitative estimate of drug-likeness (QED) is 0.276. The molecule has 0 aliphatic rings. The van der Waals surface area contributed by atoms with Crippen LogP contribution in [0.1, 0.15) is 27.3 Å². The Balaban J connectivity index is 1.76. The molecule has 0 atom stereocenters. The Kier molecular flexibility index (Phi) is 6.80. The fourth-order valence-electron chi connectivity index (χ4n) is 4.03. The molecule has 2 aromatic carbocycles. The number of carbonyl (C=O) groups is 2. The zero-order valence-electron chi connectivity index (χ0n) is 19.1. The first-order valence-corrected chi connectivity index (χ1v) is 11.1. The molecular weight excluding hydrogens is 450 g/mol. The van der Waals surface area contributed by atoms with Crippen molar-refractivity contribution >= 4 is 29.0 Å². The Morgan fingerprint density at radius 1 is 1.00 bits per heavy atom. The Bertz CT molecular complexity index is 1350. The number of hydrogen-bond donors (Lipinski definition) is 1. The summed E-state index contributed by atoms with van der Waals surface area (Å²) in [7, 11) is 1.49. The zero-order valence-corrected chi connectivity index (χ0v) is 19.9. The van der Waals surface area contributed by atoms with Crippen LogP contribution >= 0.6 is 11.6 Å². The number of anilines is 1. The molecule has 0 bridgehead atoms. The Morgan fingerprint density at radius 3 is 2.38 bits per heavy atom. The van der Waals surface area contributed by atoms with E-state index in [4.69, 9.17) is 16.3 Å². The molecular formula is C27H24ClN3O3. The van der Waals surface area contributed by atoms with Crippen molar-refractivity contribution in [2.75, 3.05) is 12.4 Å². The topological polar surface area (TPSA) is 73.2 Å². The molecule has 172 valence electrons. The second-order valence-corrected chi connectivity index (χ2v) is 8.31. The van der Waals surface area contributed by atoms with Gasteiger partial charge in [-0.25, -0.2) is 4.98 Å². The fourth-order valence-corrected chi connectivity index (χ4v) is 4.15. The SMILES string of the molecule is COc1cc(NC(=O)C(=O)c2c(-c3ccccc3)c(C)n(Cc3ccc(Cl)cc3)c2C)ccn1. The Labute approximate surface area is 203 Å². The monoisotopic (exact) mass is 473 g/mol. The van der Waals surface area contributed by atoms with Gasteiger partial charge < -0.3 is 14.6 Å². The molecule has 2 heterocycles. The predicted octanol–water partition coefficient (Wildman–Crippen LogP) is 5.70. The van der Waals surface area contributed by atoms with E-state index in [1.54, 1.807) is 12.1 Å². The molecule has 0 aliphatic carbocycles. The highest BCUT2D eigenvalue weighted by molar-refractivity contribution is 6.48. The highest BCUT2D eigenvalue weighted by Crippen LogP contribution is 2.33. The summed E-state index contributed by atoms with van der Waals surface area (Å²) in [6.45, 7) is 4.38. The standard InChI is InChI=1S/C27H24ClN3O3/c1-17-24(20-7-5-4-6-8-20)25(18(2)31(17)16-19-9-11-21(28)12-10-19)26(32)27(33)30-22-13-14-29-23(15-22)34-3/h4-15H,16H2,1-3H3,(H,29,30,33). The third kappa shape index (κ3) is 4.72. The summed E-state index contributed by atoms with van der Waals surface area (Å²) in [6, 6.07) is 20.4. The van der Waals surface area contributed by atoms with Crippen LogP contribution in [0.3, 0.4) is 0 Å². The van der Waals surface area contributed by atoms with Crippen molar-refractivity contribution in [3.8, 4) is 17.0 Å². The first-order valence-electron chi connectivity index (χ1n) is 10.7. The van der Waals surface area contributed by atoms with E-state index >= 15 is 0 Å². The molecule has 0 unspecified atom stereocenters. The summed E-state index contributed by atoms with van der Waals surface area (Å²) < 4.78 is 7.16. The number of pyridine rings is 1. The third-order valence-corrected chi connectivity index (χ3v) is 5.99. The summed E-state index contributed by atoms with van der Waals surface area (Å²) in [5.41, 5.74) is 5.11. The molecule has 2 aromatic heterocycles. The average molecular weight is 474 g/mol. The number of ether oxygens (including phenoxy) is 1. The van der Waals surface area contributed by atoms with Crippen LogP contribution in [0.4, 0.5) is 5.69 Å². The van der Waals surface area contributed by atoms with E-state index in [1.807, 2.05) is 68.4 Å². The summed E-state index contributed by atoms with van der Waals surface area (Å²) in [5.74, 6) is -0.987. The molecule has 4 aromatic rings. The predicted molar refractivity (Wildman–Crippen MR) is 134 cm³/mol. The largest absolute Gasteiger partial charge is 0.481 e. The molecule has 7 heteroatoms. The van der Waals surface area contributed by atoms with Crippen LogP contribution < -0.4 is 10.1 Å². The normalized spacial score (nSPS) is 10.7. The second kappa shape index (κ2) is 9.93. The van der Waals surface area contributed by atoms with Gasteiger partial charge in [-0.05, 0) is 43.2 Å². The van der Waals surface area contributed by atoms with Crippen LogP contribution in [0.2, 0.25) is 5.02 Å². The Morgan fingerprint density at radius 2 is 1.71 bits per heavy atom. The van der Waals surface area contributed by atoms with Crippen LogP contribution in [0, 0.1) is 13.8 Å². The lowest BCUT2D eigenvalue weighted by Gasteiger charge is -2.10. The molecule has 1 amide bonds. The number of aromatic nitrogens is 2. The van der Waals surface area contributed by atoms with Crippen LogP contribution in [0.25, 0.3) is 11.1 Å². The number of rotatable bonds is 7. The number of carbonyl (C=O) groups excluding carboxylic acids is 2. The van der Waals surface area contributed by atoms with E-state index in [9.17, 15) is 9.59 Å². The zero-order chi connectivity index (χ0) is 24.2. The molecule has 0 radical (unpaired) electrons. The number of ketones is 1. The molecule has 0 saturated heterocycles. The fraction of sp³-hybridized carbons (Fsp3) is 0.148. The van der Waals surface area contributed by atoms with Gasteiger partial charge in [0.05, 0.1) is 12.7 Å². The number of nitrogens with one attached hydrogen (secondary N) is 1. The van der Waals surface area contributed by atoms with Crippen molar-refractivity contribution in [2.45, 2.75) is 20.4 Å². The number of Topliss-reactive ketones (excluding diaryl/α,β-unsaturated/α-hetero) is 1. The molecule has 1 N–H and O–H groups in total. The van der Waals surface area contributed by atoms with Crippen LogP contribution in [0.15, 0.2) is 72.9 Å². The van der Waals surface area contributed by atoms with Gasteiger partial charge in [0.1, 0.15) is 0 Å². The van der Waals surface area contributed by atoms with Gasteiger partial charge in [0.15, 0.2) is 0 Å². The minimum Gasteiger partial charge on any atom is -0.481 e. The maximum absolute atomic E-state index is 13.5. The lowest BCUT2D eigenvalue weighted by Crippen LogP contribution is -2.24. The summed E-state index contributed by atoms with van der Waals surface area (Å²) >= 11 is 6.04. The number of amides is 1. The van der Waals surface area contributed by atoms with Gasteiger partial charge in [-0.1, -0.05) is 54.1 Å². The van der Waals surface area contributed by atoms with Gasteiger partial charge in [-0.2, -0.15) is 0 Å². The van der Waals surface area contributed by atoms with Crippen molar-refractivity contribution in [1.82, 2.24) is 9.55 Å². The maximum Gasteiger partial charge on any atom is 0.296 e. The minimum atomic E-state index is -0.725. The number of hydrogen-bond acceptors (Lipinski definition) is 4. The van der Waals surface area contributed by atoms with E-state index in [-0.39, 0.29) is 0 Å². The Hall–Kier alpha value is -3.90. The van der Waals surface area contributed by atoms with Crippen molar-refractivity contribution < 1.29 is 14.3 Å². The van der Waals surface area contributed by atoms with Gasteiger partial charge in [0, 0.05) is 46.5 Å². The van der Waals surface area contributed by atoms with E-state index in [0.29, 0.717) is 28.7 Å². The van der Waals surface area contributed by atoms with Gasteiger partial charge in [0.25, 0.3) is 11.7 Å². The van der Waals surface area contributed by atoms with Gasteiger partial charge >= 0.3 is 0 Å². The molecule has 0 aliphatic heterocycles. The molecule has 0 spiro atoms. The highest BCUT2D eigenvalue weighted by Gasteiger charge is 2.28. The number of halogens is 1. The molecule has 34 heavy (non-hydrogen) atoms. The lowest BCUT2D eigenvalue weighted by atomic mass is 9.97. The summed E-state index contributed by atoms with van der Waals surface area (Å²) in [6.07, 6.45) is 1.51.